The summed E-state index contributed by atoms with van der Waals surface area (Å²) in [6.07, 6.45) is 10.5. The Kier molecular flexibility index (Phi) is 9.07. The number of carbonyl (C=O) groups excluding carboxylic acids is 1. The highest BCUT2D eigenvalue weighted by Gasteiger charge is 2.64. The van der Waals surface area contributed by atoms with Crippen LogP contribution < -0.4 is 10.0 Å². The summed E-state index contributed by atoms with van der Waals surface area (Å²) in [7, 11) is -4.05. The molecule has 3 N–H and O–H groups in total. The van der Waals surface area contributed by atoms with Crippen LogP contribution in [0.2, 0.25) is 0 Å². The highest BCUT2D eigenvalue weighted by molar-refractivity contribution is 7.90. The van der Waals surface area contributed by atoms with Crippen LogP contribution in [0, 0.1) is 52.3 Å². The van der Waals surface area contributed by atoms with Gasteiger partial charge in [0.1, 0.15) is 0 Å². The minimum atomic E-state index is -4.05. The summed E-state index contributed by atoms with van der Waals surface area (Å²) in [6, 6.07) is 5.30. The highest BCUT2D eigenvalue weighted by Crippen LogP contribution is 2.69. The van der Waals surface area contributed by atoms with E-state index in [1.165, 1.54) is 44.2 Å². The van der Waals surface area contributed by atoms with Gasteiger partial charge >= 0.3 is 6.03 Å². The number of urea groups is 1. The minimum absolute atomic E-state index is 0.0256. The van der Waals surface area contributed by atoms with E-state index in [-0.39, 0.29) is 22.3 Å². The Morgan fingerprint density at radius 3 is 2.35 bits per heavy atom. The summed E-state index contributed by atoms with van der Waals surface area (Å²) in [5, 5.41) is 14.7. The topological polar surface area (TPSA) is 95.5 Å². The number of fused-ring (bicyclic) bond motifs is 5. The Balaban J connectivity index is 1.23. The molecule has 0 unspecified atom stereocenters. The molecule has 43 heavy (non-hydrogen) atoms. The lowest BCUT2D eigenvalue weighted by atomic mass is 9.41. The molecule has 6 nitrogen and oxygen atoms in total. The van der Waals surface area contributed by atoms with Gasteiger partial charge in [0, 0.05) is 12.0 Å². The SMILES string of the molecule is CC[C@H]1[C@@H](O)[C@@H]2[C@H](CC[C@]3(C)[C@@H]([C@H](C)CNC(=O)NS(=O)(=O)c4ccc(C(C)(C)CF)cc4)CC[C@@H]23)[C@@]2(C)CCCC[C@@H]12. The summed E-state index contributed by atoms with van der Waals surface area (Å²) in [5.41, 5.74) is 0.435. The fraction of sp³-hybridized carbons (Fsp3) is 0.800. The first-order chi connectivity index (χ1) is 20.2. The number of aliphatic hydroxyl groups is 1. The van der Waals surface area contributed by atoms with E-state index < -0.39 is 28.1 Å². The maximum Gasteiger partial charge on any atom is 0.328 e. The first-order valence-electron chi connectivity index (χ1n) is 16.8. The minimum Gasteiger partial charge on any atom is -0.393 e. The average Bonchev–Trinajstić information content (AvgIpc) is 3.33. The van der Waals surface area contributed by atoms with Crippen molar-refractivity contribution in [1.29, 1.82) is 0 Å². The quantitative estimate of drug-likeness (QED) is 0.287. The van der Waals surface area contributed by atoms with Gasteiger partial charge in [-0.3, -0.25) is 4.39 Å². The number of hydrogen-bond donors (Lipinski definition) is 3. The molecule has 10 atom stereocenters. The van der Waals surface area contributed by atoms with E-state index in [2.05, 4.69) is 37.7 Å². The van der Waals surface area contributed by atoms with Crippen LogP contribution in [-0.2, 0) is 15.4 Å². The van der Waals surface area contributed by atoms with E-state index in [1.54, 1.807) is 26.0 Å². The van der Waals surface area contributed by atoms with Gasteiger partial charge in [-0.05, 0) is 108 Å². The first-order valence-corrected chi connectivity index (χ1v) is 18.3. The maximum absolute atomic E-state index is 13.3. The van der Waals surface area contributed by atoms with Crippen molar-refractivity contribution >= 4 is 16.1 Å². The van der Waals surface area contributed by atoms with Crippen LogP contribution in [0.5, 0.6) is 0 Å². The zero-order chi connectivity index (χ0) is 31.4. The third-order valence-electron chi connectivity index (χ3n) is 13.2. The summed E-state index contributed by atoms with van der Waals surface area (Å²) < 4.78 is 41.3. The number of carbonyl (C=O) groups is 1. The number of rotatable bonds is 8. The van der Waals surface area contributed by atoms with E-state index in [4.69, 9.17) is 0 Å². The lowest BCUT2D eigenvalue weighted by Gasteiger charge is -2.64. The molecular formula is C35H55FN2O4S. The molecule has 4 saturated carbocycles. The fourth-order valence-corrected chi connectivity index (χ4v) is 11.7. The van der Waals surface area contributed by atoms with E-state index in [0.717, 1.165) is 25.7 Å². The smallest absolute Gasteiger partial charge is 0.328 e. The Bertz CT molecular complexity index is 1270. The zero-order valence-corrected chi connectivity index (χ0v) is 28.0. The van der Waals surface area contributed by atoms with Crippen molar-refractivity contribution in [3.63, 3.8) is 0 Å². The van der Waals surface area contributed by atoms with E-state index in [1.807, 2.05) is 0 Å². The van der Waals surface area contributed by atoms with Gasteiger partial charge in [0.15, 0.2) is 0 Å². The van der Waals surface area contributed by atoms with Crippen molar-refractivity contribution in [2.24, 2.45) is 52.3 Å². The van der Waals surface area contributed by atoms with Crippen molar-refractivity contribution in [2.45, 2.75) is 116 Å². The summed E-state index contributed by atoms with van der Waals surface area (Å²) in [5.74, 6) is 3.05. The van der Waals surface area contributed by atoms with Crippen LogP contribution in [0.25, 0.3) is 0 Å². The molecule has 8 heteroatoms. The normalized spacial score (nSPS) is 38.4. The molecule has 5 rings (SSSR count). The van der Waals surface area contributed by atoms with Gasteiger partial charge in [0.05, 0.1) is 17.7 Å². The highest BCUT2D eigenvalue weighted by atomic mass is 32.2. The van der Waals surface area contributed by atoms with Crippen molar-refractivity contribution in [3.05, 3.63) is 29.8 Å². The summed E-state index contributed by atoms with van der Waals surface area (Å²) in [6.45, 7) is 12.8. The maximum atomic E-state index is 13.3. The molecule has 0 bridgehead atoms. The average molecular weight is 619 g/mol. The number of hydrogen-bond acceptors (Lipinski definition) is 4. The number of alkyl halides is 1. The molecule has 0 radical (unpaired) electrons. The molecule has 4 fully saturated rings. The number of halogens is 1. The number of amides is 2. The second-order valence-electron chi connectivity index (χ2n) is 15.8. The standard InChI is InChI=1S/C35H55FN2O4S/c1-7-25-27-10-8-9-18-34(27,5)29-17-19-35(6)26(15-16-28(35)30(29)31(25)39)22(2)20-37-32(40)38-43(41,42)24-13-11-23(12-14-24)33(3,4)21-36/h11-14,22,25-31,39H,7-10,15-21H2,1-6H3,(H2,37,38,40)/t22-,25-,26-,27+,28+,29+,30+,31-,34+,35-/m1/s1. The third kappa shape index (κ3) is 5.66. The Labute approximate surface area is 259 Å². The molecule has 0 heterocycles. The third-order valence-corrected chi connectivity index (χ3v) is 14.5. The molecule has 0 saturated heterocycles. The molecule has 0 spiro atoms. The van der Waals surface area contributed by atoms with Crippen molar-refractivity contribution in [1.82, 2.24) is 10.0 Å². The largest absolute Gasteiger partial charge is 0.393 e. The Hall–Kier alpha value is -1.67. The van der Waals surface area contributed by atoms with Crippen molar-refractivity contribution in [2.75, 3.05) is 13.2 Å². The molecule has 4 aliphatic carbocycles. The predicted octanol–water partition coefficient (Wildman–Crippen LogP) is 7.21. The van der Waals surface area contributed by atoms with Crippen molar-refractivity contribution in [3.8, 4) is 0 Å². The van der Waals surface area contributed by atoms with Crippen LogP contribution in [0.1, 0.15) is 105 Å². The Morgan fingerprint density at radius 1 is 1.02 bits per heavy atom. The van der Waals surface area contributed by atoms with Crippen LogP contribution in [0.4, 0.5) is 9.18 Å². The van der Waals surface area contributed by atoms with Crippen LogP contribution >= 0.6 is 0 Å². The lowest BCUT2D eigenvalue weighted by molar-refractivity contribution is -0.194. The van der Waals surface area contributed by atoms with Crippen LogP contribution in [0.3, 0.4) is 0 Å². The van der Waals surface area contributed by atoms with Gasteiger partial charge in [-0.2, -0.15) is 0 Å². The molecule has 0 aromatic heterocycles. The summed E-state index contributed by atoms with van der Waals surface area (Å²) >= 11 is 0. The van der Waals surface area contributed by atoms with Gasteiger partial charge < -0.3 is 10.4 Å². The van der Waals surface area contributed by atoms with Gasteiger partial charge in [-0.25, -0.2) is 17.9 Å². The molecule has 0 aliphatic heterocycles. The van der Waals surface area contributed by atoms with Gasteiger partial charge in [0.2, 0.25) is 0 Å². The predicted molar refractivity (Wildman–Crippen MR) is 169 cm³/mol. The first kappa shape index (κ1) is 32.7. The molecular weight excluding hydrogens is 563 g/mol. The molecule has 242 valence electrons. The Morgan fingerprint density at radius 2 is 1.70 bits per heavy atom. The van der Waals surface area contributed by atoms with Crippen molar-refractivity contribution < 1.29 is 22.7 Å². The molecule has 2 amide bonds. The number of nitrogens with one attached hydrogen (secondary N) is 2. The van der Waals surface area contributed by atoms with E-state index in [0.29, 0.717) is 53.0 Å². The molecule has 4 aliphatic rings. The van der Waals surface area contributed by atoms with Crippen LogP contribution in [0.15, 0.2) is 29.2 Å². The number of aliphatic hydroxyl groups excluding tert-OH is 1. The van der Waals surface area contributed by atoms with E-state index >= 15 is 0 Å². The van der Waals surface area contributed by atoms with Crippen LogP contribution in [-0.4, -0.2) is 38.9 Å². The number of sulfonamides is 1. The second kappa shape index (κ2) is 11.9. The second-order valence-corrected chi connectivity index (χ2v) is 17.5. The fourth-order valence-electron chi connectivity index (χ4n) is 10.8. The molecule has 1 aromatic rings. The monoisotopic (exact) mass is 618 g/mol. The zero-order valence-electron chi connectivity index (χ0n) is 27.2. The van der Waals surface area contributed by atoms with Gasteiger partial charge in [-0.15, -0.1) is 0 Å². The van der Waals surface area contributed by atoms with E-state index in [9.17, 15) is 22.7 Å². The van der Waals surface area contributed by atoms with Gasteiger partial charge in [-0.1, -0.05) is 72.9 Å². The molecule has 1 aromatic carbocycles. The summed E-state index contributed by atoms with van der Waals surface area (Å²) in [4.78, 5) is 12.7. The van der Waals surface area contributed by atoms with Gasteiger partial charge in [0.25, 0.3) is 10.0 Å². The lowest BCUT2D eigenvalue weighted by Crippen LogP contribution is -2.61. The number of benzene rings is 1.